The van der Waals surface area contributed by atoms with Crippen LogP contribution >= 0.6 is 0 Å². The van der Waals surface area contributed by atoms with E-state index in [-0.39, 0.29) is 11.9 Å². The van der Waals surface area contributed by atoms with Crippen molar-refractivity contribution < 1.29 is 19.1 Å². The molecule has 0 radical (unpaired) electrons. The van der Waals surface area contributed by atoms with Crippen LogP contribution in [-0.4, -0.2) is 93.4 Å². The Kier molecular flexibility index (Phi) is 34.8. The van der Waals surface area contributed by atoms with Gasteiger partial charge in [0.25, 0.3) is 0 Å². The quantitative estimate of drug-likeness (QED) is 0.0481. The van der Waals surface area contributed by atoms with Crippen LogP contribution in [0.15, 0.2) is 0 Å². The molecule has 0 atom stereocenters. The van der Waals surface area contributed by atoms with E-state index < -0.39 is 0 Å². The van der Waals surface area contributed by atoms with Gasteiger partial charge >= 0.3 is 11.9 Å². The molecule has 0 unspecified atom stereocenters. The van der Waals surface area contributed by atoms with Crippen LogP contribution in [-0.2, 0) is 19.1 Å². The maximum atomic E-state index is 12.4. The fourth-order valence-corrected chi connectivity index (χ4v) is 7.21. The minimum atomic E-state index is -0.0766. The summed E-state index contributed by atoms with van der Waals surface area (Å²) in [4.78, 5) is 29.8. The van der Waals surface area contributed by atoms with Crippen LogP contribution in [0.1, 0.15) is 194 Å². The number of hydrogen-bond acceptors (Lipinski definition) is 8. The fourth-order valence-electron chi connectivity index (χ4n) is 7.21. The van der Waals surface area contributed by atoms with E-state index in [1.165, 1.54) is 128 Å². The second-order valence-electron chi connectivity index (χ2n) is 15.4. The smallest absolute Gasteiger partial charge is 0.305 e. The van der Waals surface area contributed by atoms with Gasteiger partial charge in [-0.15, -0.1) is 0 Å². The summed E-state index contributed by atoms with van der Waals surface area (Å²) >= 11 is 0. The molecule has 1 fully saturated rings. The van der Waals surface area contributed by atoms with Gasteiger partial charge in [-0.1, -0.05) is 142 Å². The Morgan fingerprint density at radius 3 is 1.41 bits per heavy atom. The van der Waals surface area contributed by atoms with E-state index in [9.17, 15) is 9.59 Å². The molecule has 302 valence electrons. The third kappa shape index (κ3) is 32.0. The third-order valence-electron chi connectivity index (χ3n) is 10.7. The normalized spacial score (nSPS) is 14.0. The van der Waals surface area contributed by atoms with E-state index in [1.807, 2.05) is 0 Å². The minimum absolute atomic E-state index is 0.0766. The molecule has 8 heteroatoms. The van der Waals surface area contributed by atoms with Crippen molar-refractivity contribution in [2.45, 2.75) is 200 Å². The zero-order chi connectivity index (χ0) is 36.9. The van der Waals surface area contributed by atoms with Crippen LogP contribution in [0.5, 0.6) is 0 Å². The summed E-state index contributed by atoms with van der Waals surface area (Å²) < 4.78 is 11.3. The molecule has 0 aliphatic carbocycles. The van der Waals surface area contributed by atoms with Crippen molar-refractivity contribution in [2.24, 2.45) is 5.73 Å². The first kappa shape index (κ1) is 47.8. The van der Waals surface area contributed by atoms with E-state index in [2.05, 4.69) is 29.0 Å². The van der Waals surface area contributed by atoms with Crippen molar-refractivity contribution in [3.05, 3.63) is 0 Å². The molecule has 3 N–H and O–H groups in total. The van der Waals surface area contributed by atoms with Gasteiger partial charge in [0.1, 0.15) is 13.2 Å². The zero-order valence-corrected chi connectivity index (χ0v) is 34.1. The van der Waals surface area contributed by atoms with Crippen molar-refractivity contribution in [1.29, 1.82) is 0 Å². The minimum Gasteiger partial charge on any atom is -0.464 e. The number of nitrogens with one attached hydrogen (secondary N) is 1. The Labute approximate surface area is 316 Å². The summed E-state index contributed by atoms with van der Waals surface area (Å²) in [6, 6.07) is 0.615. The van der Waals surface area contributed by atoms with E-state index in [1.54, 1.807) is 0 Å². The lowest BCUT2D eigenvalue weighted by Gasteiger charge is -2.33. The average molecular weight is 723 g/mol. The van der Waals surface area contributed by atoms with Crippen LogP contribution < -0.4 is 11.1 Å². The van der Waals surface area contributed by atoms with Gasteiger partial charge in [-0.2, -0.15) is 0 Å². The van der Waals surface area contributed by atoms with Gasteiger partial charge in [-0.3, -0.25) is 14.5 Å². The van der Waals surface area contributed by atoms with E-state index in [4.69, 9.17) is 15.2 Å². The fraction of sp³-hybridized carbons (Fsp3) is 0.953. The van der Waals surface area contributed by atoms with Crippen LogP contribution in [0.4, 0.5) is 0 Å². The number of unbranched alkanes of at least 4 members (excludes halogenated alkanes) is 20. The molecule has 51 heavy (non-hydrogen) atoms. The van der Waals surface area contributed by atoms with Gasteiger partial charge in [0.05, 0.1) is 0 Å². The van der Waals surface area contributed by atoms with Crippen LogP contribution in [0.3, 0.4) is 0 Å². The SMILES string of the molecule is CCCCCCCCCCCCCC(=O)OCCN(CCCN1CCC(NCCCN)CC1)CCOC(=O)CCCCCCCCCCCCC. The van der Waals surface area contributed by atoms with Gasteiger partial charge in [-0.25, -0.2) is 0 Å². The van der Waals surface area contributed by atoms with Crippen molar-refractivity contribution >= 4 is 11.9 Å². The van der Waals surface area contributed by atoms with Crippen LogP contribution in [0, 0.1) is 0 Å². The summed E-state index contributed by atoms with van der Waals surface area (Å²) in [6.07, 6.45) is 33.6. The molecule has 0 aromatic carbocycles. The number of likely N-dealkylation sites (tertiary alicyclic amines) is 1. The van der Waals surface area contributed by atoms with Crippen LogP contribution in [0.2, 0.25) is 0 Å². The Bertz CT molecular complexity index is 718. The lowest BCUT2D eigenvalue weighted by molar-refractivity contribution is -0.144. The van der Waals surface area contributed by atoms with E-state index in [0.29, 0.717) is 45.2 Å². The highest BCUT2D eigenvalue weighted by Gasteiger charge is 2.18. The first-order chi connectivity index (χ1) is 25.1. The van der Waals surface area contributed by atoms with Gasteiger partial charge in [-0.05, 0) is 77.8 Å². The largest absolute Gasteiger partial charge is 0.464 e. The number of esters is 2. The van der Waals surface area contributed by atoms with Gasteiger partial charge in [0, 0.05) is 32.0 Å². The third-order valence-corrected chi connectivity index (χ3v) is 10.7. The Hall–Kier alpha value is -1.22. The molecule has 0 saturated carbocycles. The number of carbonyl (C=O) groups is 2. The van der Waals surface area contributed by atoms with Crippen LogP contribution in [0.25, 0.3) is 0 Å². The number of hydrogen-bond donors (Lipinski definition) is 2. The maximum absolute atomic E-state index is 12.4. The molecule has 1 aliphatic heterocycles. The number of rotatable bonds is 38. The monoisotopic (exact) mass is 723 g/mol. The number of piperidine rings is 1. The Morgan fingerprint density at radius 2 is 1.00 bits per heavy atom. The lowest BCUT2D eigenvalue weighted by atomic mass is 10.0. The summed E-state index contributed by atoms with van der Waals surface area (Å²) in [5, 5.41) is 3.65. The first-order valence-corrected chi connectivity index (χ1v) is 22.3. The summed E-state index contributed by atoms with van der Waals surface area (Å²) in [6.45, 7) is 12.7. The predicted molar refractivity (Wildman–Crippen MR) is 216 cm³/mol. The average Bonchev–Trinajstić information content (AvgIpc) is 3.13. The maximum Gasteiger partial charge on any atom is 0.305 e. The number of nitrogens with two attached hydrogens (primary N) is 1. The topological polar surface area (TPSA) is 97.1 Å². The van der Waals surface area contributed by atoms with E-state index in [0.717, 1.165) is 77.8 Å². The Morgan fingerprint density at radius 1 is 0.588 bits per heavy atom. The molecule has 1 heterocycles. The number of nitrogens with zero attached hydrogens (tertiary/aromatic N) is 2. The van der Waals surface area contributed by atoms with Crippen molar-refractivity contribution in [3.8, 4) is 0 Å². The molecule has 8 nitrogen and oxygen atoms in total. The lowest BCUT2D eigenvalue weighted by Crippen LogP contribution is -2.43. The van der Waals surface area contributed by atoms with E-state index >= 15 is 0 Å². The number of carbonyl (C=O) groups excluding carboxylic acids is 2. The van der Waals surface area contributed by atoms with Gasteiger partial charge < -0.3 is 25.4 Å². The highest BCUT2D eigenvalue weighted by Crippen LogP contribution is 2.14. The molecule has 1 rings (SSSR count). The second-order valence-corrected chi connectivity index (χ2v) is 15.4. The molecule has 0 amide bonds. The highest BCUT2D eigenvalue weighted by molar-refractivity contribution is 5.69. The first-order valence-electron chi connectivity index (χ1n) is 22.3. The standard InChI is InChI=1S/C43H86N4O4/c1-3-5-7-9-11-13-15-17-19-21-23-27-42(48)50-39-37-47(34-26-33-46-35-29-41(30-36-46)45-32-25-31-44)38-40-51-43(49)28-24-22-20-18-16-14-12-10-8-6-4-2/h41,45H,3-40,44H2,1-2H3. The summed E-state index contributed by atoms with van der Waals surface area (Å²) in [5.74, 6) is -0.153. The molecule has 0 aromatic heterocycles. The molecule has 0 bridgehead atoms. The molecular formula is C43H86N4O4. The second kappa shape index (κ2) is 37.1. The number of ether oxygens (including phenoxy) is 2. The molecule has 0 aromatic rings. The highest BCUT2D eigenvalue weighted by atomic mass is 16.5. The zero-order valence-electron chi connectivity index (χ0n) is 34.1. The summed E-state index contributed by atoms with van der Waals surface area (Å²) in [7, 11) is 0. The molecule has 0 spiro atoms. The van der Waals surface area contributed by atoms with Crippen molar-refractivity contribution in [2.75, 3.05) is 65.6 Å². The summed E-state index contributed by atoms with van der Waals surface area (Å²) in [5.41, 5.74) is 5.64. The molecule has 1 aliphatic rings. The molecule has 1 saturated heterocycles. The Balaban J connectivity index is 2.25. The van der Waals surface area contributed by atoms with Crippen molar-refractivity contribution in [3.63, 3.8) is 0 Å². The van der Waals surface area contributed by atoms with Crippen molar-refractivity contribution in [1.82, 2.24) is 15.1 Å². The molecular weight excluding hydrogens is 636 g/mol. The predicted octanol–water partition coefficient (Wildman–Crippen LogP) is 9.57. The van der Waals surface area contributed by atoms with Gasteiger partial charge in [0.2, 0.25) is 0 Å². The van der Waals surface area contributed by atoms with Gasteiger partial charge in [0.15, 0.2) is 0 Å².